The van der Waals surface area contributed by atoms with E-state index in [2.05, 4.69) is 50.3 Å². The Kier molecular flexibility index (Phi) is 7.42. The molecule has 2 heteroatoms. The Hall–Kier alpha value is 0.690. The van der Waals surface area contributed by atoms with Crippen molar-refractivity contribution in [3.8, 4) is 0 Å². The third-order valence-corrected chi connectivity index (χ3v) is 3.83. The minimum atomic E-state index is 0.0678. The van der Waals surface area contributed by atoms with Crippen LogP contribution in [0.5, 0.6) is 0 Å². The zero-order valence-corrected chi connectivity index (χ0v) is 11.6. The first-order chi connectivity index (χ1) is 5.98. The predicted octanol–water partition coefficient (Wildman–Crippen LogP) is 4.04. The highest BCUT2D eigenvalue weighted by Gasteiger charge is 2.15. The molecule has 0 fully saturated rings. The van der Waals surface area contributed by atoms with Gasteiger partial charge >= 0.3 is 0 Å². The van der Waals surface area contributed by atoms with Crippen molar-refractivity contribution in [3.05, 3.63) is 0 Å². The zero-order valence-electron chi connectivity index (χ0n) is 9.40. The highest BCUT2D eigenvalue weighted by Crippen LogP contribution is 2.14. The number of rotatable bonds is 7. The Balaban J connectivity index is 3.26. The van der Waals surface area contributed by atoms with Gasteiger partial charge in [0.25, 0.3) is 0 Å². The summed E-state index contributed by atoms with van der Waals surface area (Å²) >= 11 is 2.38. The van der Waals surface area contributed by atoms with Gasteiger partial charge in [-0.3, -0.25) is 0 Å². The maximum atomic E-state index is 5.75. The summed E-state index contributed by atoms with van der Waals surface area (Å²) in [4.78, 5) is 0. The van der Waals surface area contributed by atoms with E-state index in [1.165, 1.54) is 19.3 Å². The SMILES string of the molecule is CC(C)CCCCOC(C)(C)CI. The second kappa shape index (κ2) is 7.04. The fourth-order valence-corrected chi connectivity index (χ4v) is 1.26. The molecule has 80 valence electrons. The van der Waals surface area contributed by atoms with E-state index in [0.29, 0.717) is 0 Å². The number of ether oxygens (including phenoxy) is 1. The van der Waals surface area contributed by atoms with Gasteiger partial charge in [-0.2, -0.15) is 0 Å². The van der Waals surface area contributed by atoms with Gasteiger partial charge in [-0.15, -0.1) is 0 Å². The summed E-state index contributed by atoms with van der Waals surface area (Å²) < 4.78 is 6.82. The van der Waals surface area contributed by atoms with Crippen molar-refractivity contribution in [2.45, 2.75) is 52.6 Å². The maximum Gasteiger partial charge on any atom is 0.0715 e. The lowest BCUT2D eigenvalue weighted by atomic mass is 10.1. The lowest BCUT2D eigenvalue weighted by molar-refractivity contribution is 0.000944. The van der Waals surface area contributed by atoms with E-state index in [1.807, 2.05) is 0 Å². The number of unbranched alkanes of at least 4 members (excludes halogenated alkanes) is 1. The molecule has 0 aliphatic carbocycles. The van der Waals surface area contributed by atoms with Crippen molar-refractivity contribution in [2.75, 3.05) is 11.0 Å². The van der Waals surface area contributed by atoms with Gasteiger partial charge in [-0.05, 0) is 26.2 Å². The van der Waals surface area contributed by atoms with Crippen LogP contribution in [0.3, 0.4) is 0 Å². The number of alkyl halides is 1. The molecule has 1 nitrogen and oxygen atoms in total. The standard InChI is InChI=1S/C11H23IO/c1-10(2)7-5-6-8-13-11(3,4)9-12/h10H,5-9H2,1-4H3. The first-order valence-corrected chi connectivity index (χ1v) is 6.70. The first-order valence-electron chi connectivity index (χ1n) is 5.18. The van der Waals surface area contributed by atoms with Crippen LogP contribution >= 0.6 is 22.6 Å². The molecule has 0 aromatic rings. The van der Waals surface area contributed by atoms with E-state index in [9.17, 15) is 0 Å². The molecule has 0 spiro atoms. The van der Waals surface area contributed by atoms with Crippen molar-refractivity contribution in [1.29, 1.82) is 0 Å². The molecule has 0 aromatic carbocycles. The van der Waals surface area contributed by atoms with Crippen molar-refractivity contribution in [2.24, 2.45) is 5.92 Å². The van der Waals surface area contributed by atoms with Crippen LogP contribution in [-0.2, 0) is 4.74 Å². The van der Waals surface area contributed by atoms with Gasteiger partial charge in [-0.1, -0.05) is 49.3 Å². The van der Waals surface area contributed by atoms with Gasteiger partial charge in [0.2, 0.25) is 0 Å². The largest absolute Gasteiger partial charge is 0.375 e. The van der Waals surface area contributed by atoms with Crippen molar-refractivity contribution >= 4 is 22.6 Å². The number of hydrogen-bond acceptors (Lipinski definition) is 1. The predicted molar refractivity (Wildman–Crippen MR) is 67.6 cm³/mol. The third kappa shape index (κ3) is 9.01. The molecule has 0 radical (unpaired) electrons. The fraction of sp³-hybridized carbons (Fsp3) is 1.00. The lowest BCUT2D eigenvalue weighted by Gasteiger charge is -2.22. The van der Waals surface area contributed by atoms with Crippen LogP contribution in [0.4, 0.5) is 0 Å². The van der Waals surface area contributed by atoms with Crippen LogP contribution in [0.1, 0.15) is 47.0 Å². The quantitative estimate of drug-likeness (QED) is 0.391. The Morgan fingerprint density at radius 1 is 1.23 bits per heavy atom. The second-order valence-electron chi connectivity index (χ2n) is 4.63. The number of hydrogen-bond donors (Lipinski definition) is 0. The Morgan fingerprint density at radius 3 is 2.31 bits per heavy atom. The van der Waals surface area contributed by atoms with E-state index in [0.717, 1.165) is 17.0 Å². The Morgan fingerprint density at radius 2 is 1.85 bits per heavy atom. The average molecular weight is 298 g/mol. The summed E-state index contributed by atoms with van der Waals surface area (Å²) in [6.45, 7) is 9.78. The van der Waals surface area contributed by atoms with Gasteiger partial charge in [0.15, 0.2) is 0 Å². The molecule has 0 saturated heterocycles. The highest BCUT2D eigenvalue weighted by atomic mass is 127. The normalized spacial score (nSPS) is 12.5. The summed E-state index contributed by atoms with van der Waals surface area (Å²) in [6.07, 6.45) is 3.83. The maximum absolute atomic E-state index is 5.75. The van der Waals surface area contributed by atoms with Crippen LogP contribution in [0, 0.1) is 5.92 Å². The molecule has 0 aliphatic rings. The fourth-order valence-electron chi connectivity index (χ4n) is 1.04. The highest BCUT2D eigenvalue weighted by molar-refractivity contribution is 14.1. The molecule has 0 aromatic heterocycles. The van der Waals surface area contributed by atoms with Crippen LogP contribution in [0.2, 0.25) is 0 Å². The minimum absolute atomic E-state index is 0.0678. The van der Waals surface area contributed by atoms with Crippen LogP contribution in [-0.4, -0.2) is 16.6 Å². The van der Waals surface area contributed by atoms with Crippen LogP contribution in [0.25, 0.3) is 0 Å². The molecule has 0 rings (SSSR count). The topological polar surface area (TPSA) is 9.23 Å². The summed E-state index contributed by atoms with van der Waals surface area (Å²) in [5.41, 5.74) is 0.0678. The Labute approximate surface area is 96.8 Å². The smallest absolute Gasteiger partial charge is 0.0715 e. The molecule has 0 heterocycles. The third-order valence-electron chi connectivity index (χ3n) is 1.99. The molecule has 0 unspecified atom stereocenters. The number of halogens is 1. The molecule has 0 atom stereocenters. The molecule has 13 heavy (non-hydrogen) atoms. The van der Waals surface area contributed by atoms with Gasteiger partial charge in [-0.25, -0.2) is 0 Å². The van der Waals surface area contributed by atoms with E-state index >= 15 is 0 Å². The van der Waals surface area contributed by atoms with Crippen molar-refractivity contribution in [1.82, 2.24) is 0 Å². The zero-order chi connectivity index (χ0) is 10.3. The second-order valence-corrected chi connectivity index (χ2v) is 5.39. The van der Waals surface area contributed by atoms with Crippen LogP contribution in [0.15, 0.2) is 0 Å². The Bertz CT molecular complexity index is 121. The van der Waals surface area contributed by atoms with Gasteiger partial charge < -0.3 is 4.74 Å². The summed E-state index contributed by atoms with van der Waals surface area (Å²) in [5.74, 6) is 0.831. The minimum Gasteiger partial charge on any atom is -0.375 e. The van der Waals surface area contributed by atoms with E-state index in [-0.39, 0.29) is 5.60 Å². The molecule has 0 amide bonds. The summed E-state index contributed by atoms with van der Waals surface area (Å²) in [5, 5.41) is 0. The summed E-state index contributed by atoms with van der Waals surface area (Å²) in [7, 11) is 0. The van der Waals surface area contributed by atoms with Crippen molar-refractivity contribution < 1.29 is 4.74 Å². The van der Waals surface area contributed by atoms with Crippen LogP contribution < -0.4 is 0 Å². The molecule has 0 saturated carbocycles. The van der Waals surface area contributed by atoms with Crippen molar-refractivity contribution in [3.63, 3.8) is 0 Å². The van der Waals surface area contributed by atoms with E-state index in [1.54, 1.807) is 0 Å². The van der Waals surface area contributed by atoms with Gasteiger partial charge in [0, 0.05) is 11.0 Å². The monoisotopic (exact) mass is 298 g/mol. The van der Waals surface area contributed by atoms with Gasteiger partial charge in [0.1, 0.15) is 0 Å². The molecule has 0 bridgehead atoms. The molecule has 0 aliphatic heterocycles. The van der Waals surface area contributed by atoms with Gasteiger partial charge in [0.05, 0.1) is 5.60 Å². The molecule has 0 N–H and O–H groups in total. The lowest BCUT2D eigenvalue weighted by Crippen LogP contribution is -2.26. The first kappa shape index (κ1) is 13.7. The summed E-state index contributed by atoms with van der Waals surface area (Å²) in [6, 6.07) is 0. The van der Waals surface area contributed by atoms with E-state index < -0.39 is 0 Å². The molecular weight excluding hydrogens is 275 g/mol. The molecular formula is C11H23IO. The van der Waals surface area contributed by atoms with E-state index in [4.69, 9.17) is 4.74 Å². The average Bonchev–Trinajstić information content (AvgIpc) is 2.03.